The van der Waals surface area contributed by atoms with Crippen LogP contribution in [-0.2, 0) is 5.54 Å². The van der Waals surface area contributed by atoms with Gasteiger partial charge in [-0.1, -0.05) is 49.7 Å². The number of hydrogen-bond donors (Lipinski definition) is 2. The van der Waals surface area contributed by atoms with Crippen LogP contribution in [-0.4, -0.2) is 44.8 Å². The lowest BCUT2D eigenvalue weighted by molar-refractivity contribution is -0.185. The van der Waals surface area contributed by atoms with Crippen LogP contribution in [0.15, 0.2) is 48.8 Å². The third-order valence-electron chi connectivity index (χ3n) is 8.03. The summed E-state index contributed by atoms with van der Waals surface area (Å²) in [6.07, 6.45) is -2.36. The number of nitrogens with zero attached hydrogens (tertiary/aromatic N) is 6. The van der Waals surface area contributed by atoms with Gasteiger partial charge < -0.3 is 15.4 Å². The van der Waals surface area contributed by atoms with Crippen molar-refractivity contribution in [3.63, 3.8) is 0 Å². The number of hydrogen-bond acceptors (Lipinski definition) is 8. The second-order valence-electron chi connectivity index (χ2n) is 12.5. The molecule has 0 aliphatic heterocycles. The minimum Gasteiger partial charge on any atom is -0.481 e. The number of rotatable bonds is 8. The zero-order chi connectivity index (χ0) is 33.0. The van der Waals surface area contributed by atoms with Gasteiger partial charge in [-0.05, 0) is 53.5 Å². The van der Waals surface area contributed by atoms with Gasteiger partial charge in [0.25, 0.3) is 0 Å². The summed E-state index contributed by atoms with van der Waals surface area (Å²) in [6, 6.07) is 11.2. The first-order chi connectivity index (χ1) is 21.8. The van der Waals surface area contributed by atoms with Gasteiger partial charge in [0.1, 0.15) is 17.8 Å². The van der Waals surface area contributed by atoms with E-state index in [2.05, 4.69) is 37.0 Å². The molecule has 14 heteroatoms. The molecule has 1 aliphatic rings. The molecule has 3 heterocycles. The van der Waals surface area contributed by atoms with E-state index in [1.54, 1.807) is 36.4 Å². The molecule has 46 heavy (non-hydrogen) atoms. The fraction of sp³-hybridized carbons (Fsp3) is 0.344. The van der Waals surface area contributed by atoms with E-state index in [0.29, 0.717) is 61.3 Å². The third-order valence-corrected chi connectivity index (χ3v) is 8.32. The maximum Gasteiger partial charge on any atom is 0.413 e. The number of pyridine rings is 2. The largest absolute Gasteiger partial charge is 0.481 e. The number of nitrogens with one attached hydrogen (secondary N) is 2. The maximum absolute atomic E-state index is 16.2. The summed E-state index contributed by atoms with van der Waals surface area (Å²) in [5.41, 5.74) is -0.819. The van der Waals surface area contributed by atoms with Crippen molar-refractivity contribution in [2.45, 2.75) is 51.4 Å². The number of alkyl halides is 3. The van der Waals surface area contributed by atoms with E-state index in [0.717, 1.165) is 0 Å². The second kappa shape index (κ2) is 11.3. The molecule has 0 radical (unpaired) electrons. The molecule has 1 aliphatic carbocycles. The van der Waals surface area contributed by atoms with Crippen LogP contribution in [0.4, 0.5) is 28.9 Å². The normalized spacial score (nSPS) is 15.0. The van der Waals surface area contributed by atoms with Gasteiger partial charge >= 0.3 is 6.18 Å². The van der Waals surface area contributed by atoms with Gasteiger partial charge in [-0.25, -0.2) is 9.67 Å². The smallest absolute Gasteiger partial charge is 0.413 e. The van der Waals surface area contributed by atoms with Crippen molar-refractivity contribution >= 4 is 44.7 Å². The summed E-state index contributed by atoms with van der Waals surface area (Å²) in [5, 5.41) is 26.1. The molecule has 1 fully saturated rings. The molecular weight excluding hydrogens is 624 g/mol. The SMILES string of the molecule is COc1nccc2c([C@H](Nc3cc(Cl)c4ncc(C#N)c(NCC(C)(C)C)c4c3)c3nnn(C4(C(F)(F)F)CC4)c3F)cccc12. The van der Waals surface area contributed by atoms with Crippen molar-refractivity contribution in [2.75, 3.05) is 24.3 Å². The molecule has 5 aromatic rings. The number of methoxy groups -OCH3 is 1. The Hall–Kier alpha value is -4.70. The van der Waals surface area contributed by atoms with Crippen molar-refractivity contribution < 1.29 is 22.3 Å². The topological polar surface area (TPSA) is 114 Å². The van der Waals surface area contributed by atoms with Crippen LogP contribution in [0.5, 0.6) is 5.88 Å². The highest BCUT2D eigenvalue weighted by Crippen LogP contribution is 2.55. The van der Waals surface area contributed by atoms with Crippen molar-refractivity contribution in [3.05, 3.63) is 76.6 Å². The molecule has 0 bridgehead atoms. The Bertz CT molecular complexity index is 2010. The Morgan fingerprint density at radius 1 is 1.11 bits per heavy atom. The van der Waals surface area contributed by atoms with Crippen molar-refractivity contribution in [3.8, 4) is 11.9 Å². The molecule has 3 aromatic heterocycles. The Labute approximate surface area is 266 Å². The Morgan fingerprint density at radius 3 is 2.52 bits per heavy atom. The highest BCUT2D eigenvalue weighted by molar-refractivity contribution is 6.35. The summed E-state index contributed by atoms with van der Waals surface area (Å²) in [5.74, 6) is -0.896. The number of anilines is 2. The van der Waals surface area contributed by atoms with E-state index in [-0.39, 0.29) is 29.0 Å². The number of aromatic nitrogens is 5. The number of fused-ring (bicyclic) bond motifs is 2. The van der Waals surface area contributed by atoms with Crippen molar-refractivity contribution in [1.82, 2.24) is 25.0 Å². The quantitative estimate of drug-likeness (QED) is 0.164. The predicted molar refractivity (Wildman–Crippen MR) is 166 cm³/mol. The highest BCUT2D eigenvalue weighted by Gasteiger charge is 2.67. The van der Waals surface area contributed by atoms with Crippen LogP contribution in [0, 0.1) is 22.7 Å². The van der Waals surface area contributed by atoms with Crippen molar-refractivity contribution in [1.29, 1.82) is 5.26 Å². The molecule has 9 nitrogen and oxygen atoms in total. The van der Waals surface area contributed by atoms with Gasteiger partial charge in [0.05, 0.1) is 28.9 Å². The maximum atomic E-state index is 16.2. The van der Waals surface area contributed by atoms with Crippen LogP contribution in [0.1, 0.15) is 56.5 Å². The summed E-state index contributed by atoms with van der Waals surface area (Å²) < 4.78 is 64.0. The lowest BCUT2D eigenvalue weighted by atomic mass is 9.96. The first kappa shape index (κ1) is 31.3. The van der Waals surface area contributed by atoms with E-state index in [1.165, 1.54) is 19.5 Å². The molecule has 2 N–H and O–H groups in total. The molecule has 1 atom stereocenters. The van der Waals surface area contributed by atoms with E-state index < -0.39 is 23.7 Å². The van der Waals surface area contributed by atoms with E-state index in [9.17, 15) is 18.4 Å². The number of nitriles is 1. The molecule has 0 saturated heterocycles. The molecule has 1 saturated carbocycles. The van der Waals surface area contributed by atoms with E-state index in [4.69, 9.17) is 16.3 Å². The molecule has 0 amide bonds. The van der Waals surface area contributed by atoms with E-state index >= 15 is 4.39 Å². The number of benzene rings is 2. The Kier molecular flexibility index (Phi) is 7.67. The van der Waals surface area contributed by atoms with Gasteiger partial charge in [0, 0.05) is 35.4 Å². The molecule has 0 unspecified atom stereocenters. The highest BCUT2D eigenvalue weighted by atomic mass is 35.5. The first-order valence-corrected chi connectivity index (χ1v) is 14.8. The Balaban J connectivity index is 1.54. The second-order valence-corrected chi connectivity index (χ2v) is 12.9. The molecule has 2 aromatic carbocycles. The van der Waals surface area contributed by atoms with Crippen LogP contribution < -0.4 is 15.4 Å². The van der Waals surface area contributed by atoms with Crippen LogP contribution in [0.2, 0.25) is 5.02 Å². The van der Waals surface area contributed by atoms with E-state index in [1.807, 2.05) is 20.8 Å². The lowest BCUT2D eigenvalue weighted by Gasteiger charge is -2.23. The number of ether oxygens (including phenoxy) is 1. The Morgan fingerprint density at radius 2 is 1.87 bits per heavy atom. The average Bonchev–Trinajstić information content (AvgIpc) is 3.74. The summed E-state index contributed by atoms with van der Waals surface area (Å²) in [4.78, 5) is 8.64. The average molecular weight is 653 g/mol. The van der Waals surface area contributed by atoms with Crippen molar-refractivity contribution in [2.24, 2.45) is 5.41 Å². The minimum atomic E-state index is -4.71. The zero-order valence-electron chi connectivity index (χ0n) is 25.3. The molecule has 6 rings (SSSR count). The number of halogens is 5. The van der Waals surface area contributed by atoms with Crippen LogP contribution in [0.3, 0.4) is 0 Å². The summed E-state index contributed by atoms with van der Waals surface area (Å²) in [6.45, 7) is 6.66. The monoisotopic (exact) mass is 652 g/mol. The standard InChI is InChI=1S/C32H29ClF4N8O/c1-30(2,3)16-41-24-17(14-38)15-40-25-22(24)12-18(13-23(25)33)42-26(20-6-5-7-21-19(20)8-11-39-29(21)46-4)27-28(34)45(44-43-27)31(9-10-31)32(35,36)37/h5-8,11-13,15,26,42H,9-10,16H2,1-4H3,(H,40,41)/t26-/m0/s1. The molecular formula is C32H29ClF4N8O. The third kappa shape index (κ3) is 5.40. The van der Waals surface area contributed by atoms with Crippen LogP contribution >= 0.6 is 11.6 Å². The van der Waals surface area contributed by atoms with Gasteiger partial charge in [-0.3, -0.25) is 4.98 Å². The zero-order valence-corrected chi connectivity index (χ0v) is 26.1. The first-order valence-electron chi connectivity index (χ1n) is 14.4. The fourth-order valence-electron chi connectivity index (χ4n) is 5.52. The summed E-state index contributed by atoms with van der Waals surface area (Å²) in [7, 11) is 1.47. The lowest BCUT2D eigenvalue weighted by Crippen LogP contribution is -2.36. The minimum absolute atomic E-state index is 0.129. The van der Waals surface area contributed by atoms with Gasteiger partial charge in [0.2, 0.25) is 11.8 Å². The van der Waals surface area contributed by atoms with Gasteiger partial charge in [-0.15, -0.1) is 5.10 Å². The predicted octanol–water partition coefficient (Wildman–Crippen LogP) is 7.76. The van der Waals surface area contributed by atoms with Gasteiger partial charge in [0.15, 0.2) is 5.54 Å². The molecule has 238 valence electrons. The summed E-state index contributed by atoms with van der Waals surface area (Å²) >= 11 is 6.71. The fourth-order valence-corrected chi connectivity index (χ4v) is 5.78. The van der Waals surface area contributed by atoms with Gasteiger partial charge in [-0.2, -0.15) is 22.8 Å². The molecule has 0 spiro atoms. The van der Waals surface area contributed by atoms with Crippen LogP contribution in [0.25, 0.3) is 21.7 Å².